The van der Waals surface area contributed by atoms with Crippen LogP contribution in [0.4, 0.5) is 10.5 Å². The van der Waals surface area contributed by atoms with Gasteiger partial charge in [-0.3, -0.25) is 0 Å². The van der Waals surface area contributed by atoms with Crippen LogP contribution >= 0.6 is 11.6 Å². The first-order valence-electron chi connectivity index (χ1n) is 9.61. The number of benzene rings is 3. The van der Waals surface area contributed by atoms with Crippen LogP contribution in [0.3, 0.4) is 0 Å². The zero-order valence-electron chi connectivity index (χ0n) is 16.2. The standard InChI is InChI=1S/C23H21ClN4O2/c24-17-10-12-19(13-11-17)30-15-14-28-21-9-5-4-8-20(21)27-22(28)16-25-23(29)26-18-6-2-1-3-7-18/h1-13H,14-16H2,(H2,25,26,29). The molecule has 1 aromatic heterocycles. The van der Waals surface area contributed by atoms with E-state index in [0.29, 0.717) is 24.7 Å². The molecule has 0 saturated heterocycles. The van der Waals surface area contributed by atoms with E-state index in [1.54, 1.807) is 12.1 Å². The van der Waals surface area contributed by atoms with Crippen LogP contribution < -0.4 is 15.4 Å². The Labute approximate surface area is 179 Å². The number of rotatable bonds is 7. The summed E-state index contributed by atoms with van der Waals surface area (Å²) in [5.74, 6) is 1.52. The predicted molar refractivity (Wildman–Crippen MR) is 119 cm³/mol. The average Bonchev–Trinajstić information content (AvgIpc) is 3.12. The molecule has 0 atom stereocenters. The highest BCUT2D eigenvalue weighted by molar-refractivity contribution is 6.30. The lowest BCUT2D eigenvalue weighted by Crippen LogP contribution is -2.29. The molecule has 0 radical (unpaired) electrons. The van der Waals surface area contributed by atoms with E-state index in [-0.39, 0.29) is 6.03 Å². The topological polar surface area (TPSA) is 68.2 Å². The minimum absolute atomic E-state index is 0.280. The number of amides is 2. The van der Waals surface area contributed by atoms with Crippen LogP contribution in [0, 0.1) is 0 Å². The molecule has 0 spiro atoms. The third-order valence-electron chi connectivity index (χ3n) is 4.57. The van der Waals surface area contributed by atoms with Gasteiger partial charge in [0, 0.05) is 10.7 Å². The summed E-state index contributed by atoms with van der Waals surface area (Å²) in [6, 6.07) is 24.2. The molecule has 0 unspecified atom stereocenters. The maximum Gasteiger partial charge on any atom is 0.319 e. The third-order valence-corrected chi connectivity index (χ3v) is 4.82. The van der Waals surface area contributed by atoms with Crippen molar-refractivity contribution in [1.82, 2.24) is 14.9 Å². The first kappa shape index (κ1) is 19.8. The number of halogens is 1. The number of nitrogens with zero attached hydrogens (tertiary/aromatic N) is 2. The highest BCUT2D eigenvalue weighted by atomic mass is 35.5. The first-order chi connectivity index (χ1) is 14.7. The number of imidazole rings is 1. The molecule has 0 saturated carbocycles. The maximum absolute atomic E-state index is 12.2. The van der Waals surface area contributed by atoms with Crippen LogP contribution in [0.5, 0.6) is 5.75 Å². The molecular weight excluding hydrogens is 400 g/mol. The van der Waals surface area contributed by atoms with Gasteiger partial charge in [0.15, 0.2) is 0 Å². The Hall–Kier alpha value is -3.51. The lowest BCUT2D eigenvalue weighted by Gasteiger charge is -2.12. The van der Waals surface area contributed by atoms with E-state index < -0.39 is 0 Å². The number of hydrogen-bond donors (Lipinski definition) is 2. The summed E-state index contributed by atoms with van der Waals surface area (Å²) in [6.07, 6.45) is 0. The Kier molecular flexibility index (Phi) is 6.15. The third kappa shape index (κ3) is 4.90. The zero-order chi connectivity index (χ0) is 20.8. The zero-order valence-corrected chi connectivity index (χ0v) is 17.0. The van der Waals surface area contributed by atoms with Gasteiger partial charge in [-0.05, 0) is 48.5 Å². The molecule has 0 bridgehead atoms. The van der Waals surface area contributed by atoms with Gasteiger partial charge in [-0.15, -0.1) is 0 Å². The van der Waals surface area contributed by atoms with E-state index in [9.17, 15) is 4.79 Å². The molecule has 2 amide bonds. The molecule has 7 heteroatoms. The van der Waals surface area contributed by atoms with Gasteiger partial charge >= 0.3 is 6.03 Å². The highest BCUT2D eigenvalue weighted by Gasteiger charge is 2.12. The molecular formula is C23H21ClN4O2. The summed E-state index contributed by atoms with van der Waals surface area (Å²) >= 11 is 5.92. The Bertz CT molecular complexity index is 1130. The van der Waals surface area contributed by atoms with Gasteiger partial charge < -0.3 is 19.9 Å². The normalized spacial score (nSPS) is 10.7. The molecule has 3 aromatic carbocycles. The summed E-state index contributed by atoms with van der Waals surface area (Å²) in [5.41, 5.74) is 2.61. The van der Waals surface area contributed by atoms with Crippen molar-refractivity contribution in [2.45, 2.75) is 13.1 Å². The minimum Gasteiger partial charge on any atom is -0.492 e. The molecule has 4 aromatic rings. The van der Waals surface area contributed by atoms with E-state index in [1.807, 2.05) is 66.7 Å². The SMILES string of the molecule is O=C(NCc1nc2ccccc2n1CCOc1ccc(Cl)cc1)Nc1ccccc1. The molecule has 1 heterocycles. The van der Waals surface area contributed by atoms with Crippen molar-refractivity contribution in [2.24, 2.45) is 0 Å². The molecule has 2 N–H and O–H groups in total. The largest absolute Gasteiger partial charge is 0.492 e. The van der Waals surface area contributed by atoms with Crippen LogP contribution in [0.1, 0.15) is 5.82 Å². The summed E-state index contributed by atoms with van der Waals surface area (Å²) in [7, 11) is 0. The molecule has 0 aliphatic heterocycles. The van der Waals surface area contributed by atoms with Crippen molar-refractivity contribution < 1.29 is 9.53 Å². The minimum atomic E-state index is -0.280. The lowest BCUT2D eigenvalue weighted by atomic mass is 10.3. The van der Waals surface area contributed by atoms with Crippen LogP contribution in [0.2, 0.25) is 5.02 Å². The van der Waals surface area contributed by atoms with Crippen molar-refractivity contribution in [3.63, 3.8) is 0 Å². The van der Waals surface area contributed by atoms with Crippen molar-refractivity contribution in [3.05, 3.63) is 89.7 Å². The Morgan fingerprint density at radius 2 is 1.70 bits per heavy atom. The number of para-hydroxylation sites is 3. The number of aromatic nitrogens is 2. The van der Waals surface area contributed by atoms with Gasteiger partial charge in [-0.25, -0.2) is 9.78 Å². The molecule has 30 heavy (non-hydrogen) atoms. The molecule has 0 aliphatic carbocycles. The predicted octanol–water partition coefficient (Wildman–Crippen LogP) is 5.09. The van der Waals surface area contributed by atoms with Gasteiger partial charge in [-0.2, -0.15) is 0 Å². The lowest BCUT2D eigenvalue weighted by molar-refractivity contribution is 0.251. The van der Waals surface area contributed by atoms with Crippen LogP contribution in [-0.4, -0.2) is 22.2 Å². The molecule has 152 valence electrons. The summed E-state index contributed by atoms with van der Waals surface area (Å²) in [6.45, 7) is 1.36. The second kappa shape index (κ2) is 9.33. The van der Waals surface area contributed by atoms with Gasteiger partial charge in [0.2, 0.25) is 0 Å². The fourth-order valence-electron chi connectivity index (χ4n) is 3.15. The number of fused-ring (bicyclic) bond motifs is 1. The Balaban J connectivity index is 1.43. The summed E-state index contributed by atoms with van der Waals surface area (Å²) in [4.78, 5) is 16.9. The number of carbonyl (C=O) groups excluding carboxylic acids is 1. The smallest absolute Gasteiger partial charge is 0.319 e. The van der Waals surface area contributed by atoms with Crippen LogP contribution in [-0.2, 0) is 13.1 Å². The van der Waals surface area contributed by atoms with Crippen LogP contribution in [0.15, 0.2) is 78.9 Å². The number of anilines is 1. The van der Waals surface area contributed by atoms with Crippen molar-refractivity contribution in [2.75, 3.05) is 11.9 Å². The van der Waals surface area contributed by atoms with Crippen molar-refractivity contribution in [1.29, 1.82) is 0 Å². The first-order valence-corrected chi connectivity index (χ1v) is 9.99. The van der Waals surface area contributed by atoms with Gasteiger partial charge in [0.05, 0.1) is 24.1 Å². The monoisotopic (exact) mass is 420 g/mol. The average molecular weight is 421 g/mol. The van der Waals surface area contributed by atoms with Crippen molar-refractivity contribution in [3.8, 4) is 5.75 Å². The van der Waals surface area contributed by atoms with E-state index in [2.05, 4.69) is 20.2 Å². The fraction of sp³-hybridized carbons (Fsp3) is 0.130. The van der Waals surface area contributed by atoms with E-state index in [1.165, 1.54) is 0 Å². The van der Waals surface area contributed by atoms with Crippen molar-refractivity contribution >= 4 is 34.4 Å². The quantitative estimate of drug-likeness (QED) is 0.437. The van der Waals surface area contributed by atoms with E-state index >= 15 is 0 Å². The fourth-order valence-corrected chi connectivity index (χ4v) is 3.28. The molecule has 0 aliphatic rings. The van der Waals surface area contributed by atoms with Crippen LogP contribution in [0.25, 0.3) is 11.0 Å². The highest BCUT2D eigenvalue weighted by Crippen LogP contribution is 2.18. The van der Waals surface area contributed by atoms with E-state index in [4.69, 9.17) is 16.3 Å². The molecule has 6 nitrogen and oxygen atoms in total. The number of ether oxygens (including phenoxy) is 1. The number of urea groups is 1. The number of hydrogen-bond acceptors (Lipinski definition) is 3. The van der Waals surface area contributed by atoms with Gasteiger partial charge in [-0.1, -0.05) is 41.9 Å². The Morgan fingerprint density at radius 3 is 2.50 bits per heavy atom. The second-order valence-corrected chi connectivity index (χ2v) is 7.08. The number of carbonyl (C=O) groups is 1. The number of nitrogens with one attached hydrogen (secondary N) is 2. The summed E-state index contributed by atoms with van der Waals surface area (Å²) < 4.78 is 7.90. The maximum atomic E-state index is 12.2. The van der Waals surface area contributed by atoms with Gasteiger partial charge in [0.25, 0.3) is 0 Å². The molecule has 4 rings (SSSR count). The second-order valence-electron chi connectivity index (χ2n) is 6.64. The Morgan fingerprint density at radius 1 is 0.967 bits per heavy atom. The summed E-state index contributed by atoms with van der Waals surface area (Å²) in [5, 5.41) is 6.36. The molecule has 0 fully saturated rings. The van der Waals surface area contributed by atoms with E-state index in [0.717, 1.165) is 28.3 Å². The van der Waals surface area contributed by atoms with Gasteiger partial charge in [0.1, 0.15) is 18.2 Å².